The van der Waals surface area contributed by atoms with Crippen LogP contribution in [0.4, 0.5) is 5.69 Å². The summed E-state index contributed by atoms with van der Waals surface area (Å²) in [6.07, 6.45) is 2.05. The summed E-state index contributed by atoms with van der Waals surface area (Å²) in [4.78, 5) is 2.32. The average molecular weight is 276 g/mol. The first-order valence-electron chi connectivity index (χ1n) is 7.48. The van der Waals surface area contributed by atoms with Gasteiger partial charge in [0.05, 0.1) is 11.8 Å². The molecule has 3 nitrogen and oxygen atoms in total. The second-order valence-corrected chi connectivity index (χ2v) is 5.06. The van der Waals surface area contributed by atoms with Gasteiger partial charge in [0.1, 0.15) is 5.75 Å². The maximum atomic E-state index is 5.99. The number of anilines is 1. The lowest BCUT2D eigenvalue weighted by atomic mass is 10.1. The fourth-order valence-corrected chi connectivity index (χ4v) is 2.16. The first-order chi connectivity index (χ1) is 9.62. The van der Waals surface area contributed by atoms with Crippen LogP contribution in [0, 0.1) is 0 Å². The largest absolute Gasteiger partial charge is 0.489 e. The van der Waals surface area contributed by atoms with Gasteiger partial charge in [-0.25, -0.2) is 0 Å². The Balaban J connectivity index is 2.96. The Bertz CT molecular complexity index is 411. The molecule has 0 spiro atoms. The van der Waals surface area contributed by atoms with Gasteiger partial charge in [0.2, 0.25) is 0 Å². The highest BCUT2D eigenvalue weighted by Crippen LogP contribution is 2.30. The number of rotatable bonds is 9. The van der Waals surface area contributed by atoms with E-state index in [0.29, 0.717) is 0 Å². The molecule has 0 saturated heterocycles. The monoisotopic (exact) mass is 276 g/mol. The second-order valence-electron chi connectivity index (χ2n) is 5.06. The van der Waals surface area contributed by atoms with Crippen LogP contribution in [0.3, 0.4) is 0 Å². The van der Waals surface area contributed by atoms with Gasteiger partial charge in [-0.15, -0.1) is 6.58 Å². The third-order valence-corrected chi connectivity index (χ3v) is 3.11. The van der Waals surface area contributed by atoms with Crippen LogP contribution in [-0.4, -0.2) is 25.7 Å². The van der Waals surface area contributed by atoms with Crippen molar-refractivity contribution < 1.29 is 4.74 Å². The zero-order valence-electron chi connectivity index (χ0n) is 13.3. The summed E-state index contributed by atoms with van der Waals surface area (Å²) in [6, 6.07) is 6.47. The summed E-state index contributed by atoms with van der Waals surface area (Å²) in [5.74, 6) is 0.974. The number of nitrogens with zero attached hydrogens (tertiary/aromatic N) is 1. The minimum atomic E-state index is 0.181. The molecule has 3 heteroatoms. The number of ether oxygens (including phenoxy) is 1. The first-order valence-corrected chi connectivity index (χ1v) is 7.48. The van der Waals surface area contributed by atoms with E-state index in [2.05, 4.69) is 62.7 Å². The molecule has 0 saturated carbocycles. The summed E-state index contributed by atoms with van der Waals surface area (Å²) in [5, 5.41) is 3.32. The van der Waals surface area contributed by atoms with Crippen molar-refractivity contribution in [1.29, 1.82) is 0 Å². The zero-order valence-corrected chi connectivity index (χ0v) is 13.3. The van der Waals surface area contributed by atoms with Gasteiger partial charge in [-0.2, -0.15) is 0 Å². The van der Waals surface area contributed by atoms with Crippen molar-refractivity contribution in [3.8, 4) is 5.75 Å². The number of hydrogen-bond acceptors (Lipinski definition) is 3. The van der Waals surface area contributed by atoms with Gasteiger partial charge < -0.3 is 15.0 Å². The van der Waals surface area contributed by atoms with Gasteiger partial charge in [0.25, 0.3) is 0 Å². The van der Waals surface area contributed by atoms with Crippen LogP contribution < -0.4 is 15.0 Å². The fourth-order valence-electron chi connectivity index (χ4n) is 2.16. The van der Waals surface area contributed by atoms with E-state index in [-0.39, 0.29) is 6.10 Å². The average Bonchev–Trinajstić information content (AvgIpc) is 2.42. The molecule has 0 heterocycles. The Morgan fingerprint density at radius 1 is 1.30 bits per heavy atom. The second kappa shape index (κ2) is 8.64. The fraction of sp³-hybridized carbons (Fsp3) is 0.529. The molecule has 0 aliphatic rings. The van der Waals surface area contributed by atoms with E-state index in [0.717, 1.165) is 31.9 Å². The molecule has 0 fully saturated rings. The minimum Gasteiger partial charge on any atom is -0.489 e. The molecule has 0 aliphatic carbocycles. The maximum Gasteiger partial charge on any atom is 0.143 e. The van der Waals surface area contributed by atoms with Crippen molar-refractivity contribution in [2.24, 2.45) is 0 Å². The number of benzene rings is 1. The van der Waals surface area contributed by atoms with E-state index in [1.165, 1.54) is 11.3 Å². The van der Waals surface area contributed by atoms with Crippen molar-refractivity contribution in [2.45, 2.75) is 40.3 Å². The van der Waals surface area contributed by atoms with Crippen molar-refractivity contribution in [3.05, 3.63) is 36.4 Å². The summed E-state index contributed by atoms with van der Waals surface area (Å²) >= 11 is 0. The van der Waals surface area contributed by atoms with Crippen molar-refractivity contribution in [3.63, 3.8) is 0 Å². The normalized spacial score (nSPS) is 10.7. The smallest absolute Gasteiger partial charge is 0.143 e. The first kappa shape index (κ1) is 16.6. The van der Waals surface area contributed by atoms with E-state index < -0.39 is 0 Å². The topological polar surface area (TPSA) is 24.5 Å². The predicted molar refractivity (Wildman–Crippen MR) is 87.7 cm³/mol. The van der Waals surface area contributed by atoms with Crippen LogP contribution in [0.5, 0.6) is 5.75 Å². The van der Waals surface area contributed by atoms with Gasteiger partial charge in [0, 0.05) is 26.2 Å². The zero-order chi connectivity index (χ0) is 15.0. The van der Waals surface area contributed by atoms with Gasteiger partial charge >= 0.3 is 0 Å². The molecular formula is C17H28N2O. The van der Waals surface area contributed by atoms with E-state index >= 15 is 0 Å². The quantitative estimate of drug-likeness (QED) is 0.551. The summed E-state index contributed by atoms with van der Waals surface area (Å²) in [5.41, 5.74) is 2.41. The third-order valence-electron chi connectivity index (χ3n) is 3.11. The molecule has 1 aromatic rings. The lowest BCUT2D eigenvalue weighted by molar-refractivity contribution is 0.242. The molecule has 0 radical (unpaired) electrons. The number of nitrogens with one attached hydrogen (secondary N) is 1. The molecule has 0 atom stereocenters. The molecule has 0 bridgehead atoms. The molecule has 0 aromatic heterocycles. The van der Waals surface area contributed by atoms with E-state index in [1.807, 2.05) is 6.08 Å². The highest BCUT2D eigenvalue weighted by atomic mass is 16.5. The predicted octanol–water partition coefficient (Wildman–Crippen LogP) is 3.60. The molecule has 112 valence electrons. The Hall–Kier alpha value is -1.48. The molecule has 0 amide bonds. The van der Waals surface area contributed by atoms with Crippen LogP contribution >= 0.6 is 0 Å². The van der Waals surface area contributed by atoms with E-state index in [9.17, 15) is 0 Å². The highest BCUT2D eigenvalue weighted by Gasteiger charge is 2.11. The lowest BCUT2D eigenvalue weighted by Crippen LogP contribution is -2.23. The molecule has 20 heavy (non-hydrogen) atoms. The lowest BCUT2D eigenvalue weighted by Gasteiger charge is -2.25. The van der Waals surface area contributed by atoms with Crippen LogP contribution in [0.15, 0.2) is 30.9 Å². The Labute approximate surface area is 123 Å². The highest BCUT2D eigenvalue weighted by molar-refractivity contribution is 5.59. The van der Waals surface area contributed by atoms with Gasteiger partial charge in [-0.3, -0.25) is 0 Å². The molecular weight excluding hydrogens is 248 g/mol. The molecule has 1 rings (SSSR count). The van der Waals surface area contributed by atoms with E-state index in [1.54, 1.807) is 0 Å². The minimum absolute atomic E-state index is 0.181. The van der Waals surface area contributed by atoms with Gasteiger partial charge in [-0.1, -0.05) is 12.1 Å². The van der Waals surface area contributed by atoms with Crippen LogP contribution in [0.1, 0.15) is 33.3 Å². The Morgan fingerprint density at radius 3 is 2.55 bits per heavy atom. The SMILES string of the molecule is C=CCNCc1ccc(N(CC)CC)c(OC(C)C)c1. The standard InChI is InChI=1S/C17H28N2O/c1-6-11-18-13-15-9-10-16(19(7-2)8-3)17(12-15)20-14(4)5/h6,9-10,12,14,18H,1,7-8,11,13H2,2-5H3. The number of hydrogen-bond donors (Lipinski definition) is 1. The molecule has 1 aromatic carbocycles. The van der Waals surface area contributed by atoms with Crippen LogP contribution in [0.25, 0.3) is 0 Å². The van der Waals surface area contributed by atoms with E-state index in [4.69, 9.17) is 4.74 Å². The third kappa shape index (κ3) is 4.89. The molecule has 0 unspecified atom stereocenters. The van der Waals surface area contributed by atoms with Gasteiger partial charge in [0.15, 0.2) is 0 Å². The van der Waals surface area contributed by atoms with Crippen molar-refractivity contribution in [1.82, 2.24) is 5.32 Å². The van der Waals surface area contributed by atoms with Crippen LogP contribution in [-0.2, 0) is 6.54 Å². The van der Waals surface area contributed by atoms with Gasteiger partial charge in [-0.05, 0) is 45.4 Å². The van der Waals surface area contributed by atoms with Crippen molar-refractivity contribution >= 4 is 5.69 Å². The summed E-state index contributed by atoms with van der Waals surface area (Å²) in [6.45, 7) is 15.8. The Kier molecular flexibility index (Phi) is 7.16. The molecule has 0 aliphatic heterocycles. The summed E-state index contributed by atoms with van der Waals surface area (Å²) < 4.78 is 5.99. The summed E-state index contributed by atoms with van der Waals surface area (Å²) in [7, 11) is 0. The van der Waals surface area contributed by atoms with Crippen molar-refractivity contribution in [2.75, 3.05) is 24.5 Å². The molecule has 1 N–H and O–H groups in total. The Morgan fingerprint density at radius 2 is 2.00 bits per heavy atom. The van der Waals surface area contributed by atoms with Crippen LogP contribution in [0.2, 0.25) is 0 Å². The maximum absolute atomic E-state index is 5.99.